The minimum Gasteiger partial charge on any atom is -0.350 e. The van der Waals surface area contributed by atoms with Gasteiger partial charge < -0.3 is 11.1 Å². The Morgan fingerprint density at radius 2 is 2.50 bits per heavy atom. The predicted molar refractivity (Wildman–Crippen MR) is 69.7 cm³/mol. The molecule has 1 rings (SSSR count). The predicted octanol–water partition coefficient (Wildman–Crippen LogP) is 1.15. The summed E-state index contributed by atoms with van der Waals surface area (Å²) in [7, 11) is 0. The van der Waals surface area contributed by atoms with Gasteiger partial charge in [-0.1, -0.05) is 0 Å². The van der Waals surface area contributed by atoms with Crippen molar-refractivity contribution in [1.29, 1.82) is 0 Å². The number of aryl methyl sites for hydroxylation is 1. The molecule has 1 aromatic rings. The first kappa shape index (κ1) is 13.5. The largest absolute Gasteiger partial charge is 0.350 e. The molecule has 1 aromatic heterocycles. The summed E-state index contributed by atoms with van der Waals surface area (Å²) in [5, 5.41) is 3.83. The Morgan fingerprint density at radius 3 is 3.06 bits per heavy atom. The Kier molecular flexibility index (Phi) is 5.79. The van der Waals surface area contributed by atoms with Crippen LogP contribution in [0.1, 0.15) is 16.3 Å². The number of nitrogens with two attached hydrogens (primary N) is 1. The number of carbonyl (C=O) groups is 1. The molecule has 0 saturated carbocycles. The lowest BCUT2D eigenvalue weighted by atomic mass is 10.2. The number of thioether (sulfide) groups is 1. The van der Waals surface area contributed by atoms with Gasteiger partial charge in [0, 0.05) is 11.1 Å². The van der Waals surface area contributed by atoms with E-state index < -0.39 is 6.04 Å². The molecule has 3 N–H and O–H groups in total. The van der Waals surface area contributed by atoms with Crippen LogP contribution in [0.25, 0.3) is 0 Å². The topological polar surface area (TPSA) is 68.0 Å². The van der Waals surface area contributed by atoms with Crippen molar-refractivity contribution in [3.8, 4) is 0 Å². The maximum Gasteiger partial charge on any atom is 0.237 e. The van der Waals surface area contributed by atoms with Gasteiger partial charge in [0.15, 0.2) is 0 Å². The Hall–Kier alpha value is -0.590. The fraction of sp³-hybridized carbons (Fsp3) is 0.600. The lowest BCUT2D eigenvalue weighted by molar-refractivity contribution is -0.122. The third kappa shape index (κ3) is 4.51. The van der Waals surface area contributed by atoms with Crippen LogP contribution < -0.4 is 11.1 Å². The monoisotopic (exact) mass is 259 g/mol. The average Bonchev–Trinajstić information content (AvgIpc) is 2.68. The van der Waals surface area contributed by atoms with Crippen LogP contribution in [0.3, 0.4) is 0 Å². The molecule has 0 saturated heterocycles. The zero-order valence-corrected chi connectivity index (χ0v) is 11.2. The SMILES string of the molecule is CSCC[C@@H](N)C(=O)NCc1cnc(C)s1. The molecule has 0 bridgehead atoms. The van der Waals surface area contributed by atoms with Crippen LogP contribution in [0.5, 0.6) is 0 Å². The van der Waals surface area contributed by atoms with Crippen LogP contribution in [0.4, 0.5) is 0 Å². The van der Waals surface area contributed by atoms with E-state index in [9.17, 15) is 4.79 Å². The van der Waals surface area contributed by atoms with Gasteiger partial charge >= 0.3 is 0 Å². The Morgan fingerprint density at radius 1 is 1.75 bits per heavy atom. The Balaban J connectivity index is 2.29. The molecule has 1 atom stereocenters. The summed E-state index contributed by atoms with van der Waals surface area (Å²) in [4.78, 5) is 16.7. The number of hydrogen-bond acceptors (Lipinski definition) is 5. The van der Waals surface area contributed by atoms with Gasteiger partial charge in [-0.05, 0) is 25.4 Å². The van der Waals surface area contributed by atoms with Crippen LogP contribution in [-0.4, -0.2) is 28.9 Å². The number of nitrogens with one attached hydrogen (secondary N) is 1. The molecule has 0 radical (unpaired) electrons. The van der Waals surface area contributed by atoms with E-state index >= 15 is 0 Å². The second-order valence-corrected chi connectivity index (χ2v) is 5.76. The van der Waals surface area contributed by atoms with E-state index in [1.807, 2.05) is 13.2 Å². The highest BCUT2D eigenvalue weighted by Gasteiger charge is 2.12. The summed E-state index contributed by atoms with van der Waals surface area (Å²) >= 11 is 3.29. The van der Waals surface area contributed by atoms with Crippen molar-refractivity contribution >= 4 is 29.0 Å². The Labute approximate surface area is 104 Å². The molecule has 0 spiro atoms. The number of nitrogens with zero attached hydrogens (tertiary/aromatic N) is 1. The molecule has 16 heavy (non-hydrogen) atoms. The van der Waals surface area contributed by atoms with E-state index in [1.54, 1.807) is 29.3 Å². The van der Waals surface area contributed by atoms with Gasteiger partial charge in [-0.3, -0.25) is 4.79 Å². The van der Waals surface area contributed by atoms with Gasteiger partial charge in [0.05, 0.1) is 17.6 Å². The smallest absolute Gasteiger partial charge is 0.237 e. The first-order chi connectivity index (χ1) is 7.63. The third-order valence-electron chi connectivity index (χ3n) is 2.08. The standard InChI is InChI=1S/C10H17N3OS2/c1-7-12-5-8(16-7)6-13-10(14)9(11)3-4-15-2/h5,9H,3-4,6,11H2,1-2H3,(H,13,14)/t9-/m1/s1. The molecule has 1 amide bonds. The van der Waals surface area contributed by atoms with Gasteiger partial charge in [-0.25, -0.2) is 4.98 Å². The van der Waals surface area contributed by atoms with Crippen molar-refractivity contribution in [2.75, 3.05) is 12.0 Å². The molecule has 0 fully saturated rings. The van der Waals surface area contributed by atoms with Crippen molar-refractivity contribution < 1.29 is 4.79 Å². The molecular weight excluding hydrogens is 242 g/mol. The second kappa shape index (κ2) is 6.88. The van der Waals surface area contributed by atoms with Gasteiger partial charge in [0.2, 0.25) is 5.91 Å². The normalized spacial score (nSPS) is 12.4. The van der Waals surface area contributed by atoms with Crippen molar-refractivity contribution in [1.82, 2.24) is 10.3 Å². The van der Waals surface area contributed by atoms with Crippen molar-refractivity contribution in [2.45, 2.75) is 25.9 Å². The van der Waals surface area contributed by atoms with Crippen molar-refractivity contribution in [3.63, 3.8) is 0 Å². The summed E-state index contributed by atoms with van der Waals surface area (Å²) < 4.78 is 0. The van der Waals surface area contributed by atoms with Gasteiger partial charge in [0.1, 0.15) is 0 Å². The number of thiazole rings is 1. The third-order valence-corrected chi connectivity index (χ3v) is 3.63. The highest BCUT2D eigenvalue weighted by atomic mass is 32.2. The average molecular weight is 259 g/mol. The molecule has 90 valence electrons. The minimum absolute atomic E-state index is 0.0832. The van der Waals surface area contributed by atoms with E-state index in [-0.39, 0.29) is 5.91 Å². The zero-order valence-electron chi connectivity index (χ0n) is 9.53. The van der Waals surface area contributed by atoms with Crippen LogP contribution in [-0.2, 0) is 11.3 Å². The first-order valence-electron chi connectivity index (χ1n) is 5.07. The van der Waals surface area contributed by atoms with Gasteiger partial charge in [0.25, 0.3) is 0 Å². The molecule has 0 aliphatic heterocycles. The Bertz CT molecular complexity index is 341. The van der Waals surface area contributed by atoms with E-state index in [0.717, 1.165) is 15.6 Å². The van der Waals surface area contributed by atoms with Crippen molar-refractivity contribution in [3.05, 3.63) is 16.1 Å². The van der Waals surface area contributed by atoms with E-state index in [1.165, 1.54) is 0 Å². The van der Waals surface area contributed by atoms with Crippen LogP contribution in [0.15, 0.2) is 6.20 Å². The molecule has 0 aliphatic carbocycles. The molecular formula is C10H17N3OS2. The van der Waals surface area contributed by atoms with Crippen molar-refractivity contribution in [2.24, 2.45) is 5.73 Å². The summed E-state index contributed by atoms with van der Waals surface area (Å²) in [5.41, 5.74) is 5.74. The number of rotatable bonds is 6. The highest BCUT2D eigenvalue weighted by molar-refractivity contribution is 7.98. The summed E-state index contributed by atoms with van der Waals surface area (Å²) in [6.45, 7) is 2.47. The molecule has 1 heterocycles. The number of amides is 1. The second-order valence-electron chi connectivity index (χ2n) is 3.45. The van der Waals surface area contributed by atoms with Crippen LogP contribution in [0.2, 0.25) is 0 Å². The summed E-state index contributed by atoms with van der Waals surface area (Å²) in [5.74, 6) is 0.828. The van der Waals surface area contributed by atoms with E-state index in [0.29, 0.717) is 13.0 Å². The van der Waals surface area contributed by atoms with Gasteiger partial charge in [-0.2, -0.15) is 11.8 Å². The minimum atomic E-state index is -0.401. The lowest BCUT2D eigenvalue weighted by Crippen LogP contribution is -2.40. The molecule has 0 aromatic carbocycles. The summed E-state index contributed by atoms with van der Waals surface area (Å²) in [6, 6.07) is -0.401. The summed E-state index contributed by atoms with van der Waals surface area (Å²) in [6.07, 6.45) is 4.51. The number of aromatic nitrogens is 1. The lowest BCUT2D eigenvalue weighted by Gasteiger charge is -2.10. The maximum atomic E-state index is 11.6. The molecule has 0 unspecified atom stereocenters. The fourth-order valence-corrected chi connectivity index (χ4v) is 2.39. The van der Waals surface area contributed by atoms with Crippen LogP contribution >= 0.6 is 23.1 Å². The van der Waals surface area contributed by atoms with Gasteiger partial charge in [-0.15, -0.1) is 11.3 Å². The maximum absolute atomic E-state index is 11.6. The fourth-order valence-electron chi connectivity index (χ4n) is 1.17. The van der Waals surface area contributed by atoms with E-state index in [2.05, 4.69) is 10.3 Å². The molecule has 6 heteroatoms. The zero-order chi connectivity index (χ0) is 12.0. The molecule has 0 aliphatic rings. The highest BCUT2D eigenvalue weighted by Crippen LogP contribution is 2.10. The molecule has 4 nitrogen and oxygen atoms in total. The van der Waals surface area contributed by atoms with E-state index in [4.69, 9.17) is 5.73 Å². The number of hydrogen-bond donors (Lipinski definition) is 2. The number of carbonyl (C=O) groups excluding carboxylic acids is 1. The quantitative estimate of drug-likeness (QED) is 0.804. The first-order valence-corrected chi connectivity index (χ1v) is 7.28. The van der Waals surface area contributed by atoms with Crippen LogP contribution in [0, 0.1) is 6.92 Å².